The number of nitrogens with one attached hydrogen (secondary N) is 2. The second-order valence-electron chi connectivity index (χ2n) is 10.0. The molecule has 0 bridgehead atoms. The molecule has 5 rings (SSSR count). The average molecular weight is 477 g/mol. The molecule has 0 aliphatic heterocycles. The van der Waals surface area contributed by atoms with Gasteiger partial charge in [0.1, 0.15) is 6.61 Å². The highest BCUT2D eigenvalue weighted by atomic mass is 16.5. The van der Waals surface area contributed by atoms with Crippen molar-refractivity contribution in [2.45, 2.75) is 62.9 Å². The molecule has 184 valence electrons. The molecule has 2 atom stereocenters. The molecule has 0 aromatic heterocycles. The molecular weight excluding hydrogens is 444 g/mol. The van der Waals surface area contributed by atoms with Crippen LogP contribution in [0.1, 0.15) is 62.0 Å². The first-order valence-electron chi connectivity index (χ1n) is 12.7. The molecule has 0 heterocycles. The van der Waals surface area contributed by atoms with E-state index in [2.05, 4.69) is 34.9 Å². The number of hydrogen-bond acceptors (Lipinski definition) is 4. The molecule has 0 saturated heterocycles. The van der Waals surface area contributed by atoms with Gasteiger partial charge in [-0.15, -0.1) is 0 Å². The highest BCUT2D eigenvalue weighted by Gasteiger charge is 2.39. The van der Waals surface area contributed by atoms with Gasteiger partial charge in [0.15, 0.2) is 0 Å². The summed E-state index contributed by atoms with van der Waals surface area (Å²) in [6.45, 7) is 0.259. The van der Waals surface area contributed by atoms with E-state index < -0.39 is 18.0 Å². The number of carboxylic acid groups (broad SMARTS) is 1. The molecule has 3 aliphatic carbocycles. The molecule has 3 aliphatic rings. The van der Waals surface area contributed by atoms with Gasteiger partial charge in [-0.05, 0) is 47.9 Å². The van der Waals surface area contributed by atoms with Crippen molar-refractivity contribution >= 4 is 18.0 Å². The maximum absolute atomic E-state index is 12.7. The van der Waals surface area contributed by atoms with Crippen LogP contribution in [0, 0.1) is 11.8 Å². The third-order valence-electron chi connectivity index (χ3n) is 7.84. The smallest absolute Gasteiger partial charge is 0.407 e. The van der Waals surface area contributed by atoms with Gasteiger partial charge >= 0.3 is 12.1 Å². The van der Waals surface area contributed by atoms with E-state index in [0.29, 0.717) is 25.7 Å². The lowest BCUT2D eigenvalue weighted by atomic mass is 9.79. The minimum atomic E-state index is -0.833. The lowest BCUT2D eigenvalue weighted by Gasteiger charge is -2.36. The molecule has 35 heavy (non-hydrogen) atoms. The Bertz CT molecular complexity index is 1060. The van der Waals surface area contributed by atoms with Crippen LogP contribution >= 0.6 is 0 Å². The van der Waals surface area contributed by atoms with E-state index in [1.54, 1.807) is 0 Å². The molecule has 2 aromatic carbocycles. The second-order valence-corrected chi connectivity index (χ2v) is 10.0. The van der Waals surface area contributed by atoms with E-state index in [1.165, 1.54) is 22.3 Å². The summed E-state index contributed by atoms with van der Waals surface area (Å²) in [5, 5.41) is 15.4. The Morgan fingerprint density at radius 3 is 2.14 bits per heavy atom. The number of carbonyl (C=O) groups excluding carboxylic acids is 2. The van der Waals surface area contributed by atoms with Crippen LogP contribution in [0.5, 0.6) is 0 Å². The Kier molecular flexibility index (Phi) is 6.75. The third kappa shape index (κ3) is 4.90. The third-order valence-corrected chi connectivity index (χ3v) is 7.84. The van der Waals surface area contributed by atoms with E-state index >= 15 is 0 Å². The first kappa shape index (κ1) is 23.4. The van der Waals surface area contributed by atoms with Crippen molar-refractivity contribution in [1.29, 1.82) is 0 Å². The Hall–Kier alpha value is -3.35. The van der Waals surface area contributed by atoms with Gasteiger partial charge in [0.2, 0.25) is 5.91 Å². The lowest BCUT2D eigenvalue weighted by molar-refractivity contribution is -0.143. The monoisotopic (exact) mass is 476 g/mol. The van der Waals surface area contributed by atoms with Crippen LogP contribution < -0.4 is 10.6 Å². The number of amides is 2. The number of alkyl carbamates (subject to hydrolysis) is 1. The molecule has 3 N–H and O–H groups in total. The Morgan fingerprint density at radius 1 is 0.857 bits per heavy atom. The van der Waals surface area contributed by atoms with E-state index in [0.717, 1.165) is 19.3 Å². The van der Waals surface area contributed by atoms with Gasteiger partial charge in [-0.1, -0.05) is 67.8 Å². The summed E-state index contributed by atoms with van der Waals surface area (Å²) < 4.78 is 5.60. The van der Waals surface area contributed by atoms with Crippen molar-refractivity contribution in [3.63, 3.8) is 0 Å². The van der Waals surface area contributed by atoms with E-state index in [1.807, 2.05) is 24.3 Å². The fourth-order valence-electron chi connectivity index (χ4n) is 5.83. The molecule has 2 saturated carbocycles. The van der Waals surface area contributed by atoms with Crippen molar-refractivity contribution in [1.82, 2.24) is 10.6 Å². The summed E-state index contributed by atoms with van der Waals surface area (Å²) in [5.41, 5.74) is 4.70. The molecule has 2 amide bonds. The molecule has 0 spiro atoms. The van der Waals surface area contributed by atoms with E-state index in [-0.39, 0.29) is 36.4 Å². The maximum Gasteiger partial charge on any atom is 0.407 e. The summed E-state index contributed by atoms with van der Waals surface area (Å²) >= 11 is 0. The average Bonchev–Trinajstić information content (AvgIpc) is 2.96. The predicted molar refractivity (Wildman–Crippen MR) is 131 cm³/mol. The standard InChI is InChI=1S/C28H32N2O5/c31-26(30-25-13-3-1-2-12-23(25)27(32)33)17-14-18(15-17)29-28(34)35-16-24-21-10-6-4-8-19(21)20-9-5-7-11-22(20)24/h4-11,17-18,23-25H,1-3,12-16H2,(H,29,34)(H,30,31)(H,32,33)/t17?,18?,23-,25+/m0/s1. The predicted octanol–water partition coefficient (Wildman–Crippen LogP) is 4.45. The van der Waals surface area contributed by atoms with Crippen molar-refractivity contribution in [3.8, 4) is 11.1 Å². The van der Waals surface area contributed by atoms with Gasteiger partial charge in [0.05, 0.1) is 5.92 Å². The SMILES string of the molecule is O=C(NC1CC(C(=O)N[C@@H]2CCCCC[C@@H]2C(=O)O)C1)OCC1c2ccccc2-c2ccccc21. The number of hydrogen-bond donors (Lipinski definition) is 3. The van der Waals surface area contributed by atoms with Crippen molar-refractivity contribution in [2.75, 3.05) is 6.61 Å². The van der Waals surface area contributed by atoms with Crippen LogP contribution in [0.15, 0.2) is 48.5 Å². The summed E-state index contributed by atoms with van der Waals surface area (Å²) in [5.74, 6) is -1.65. The number of aliphatic carboxylic acids is 1. The number of carbonyl (C=O) groups is 3. The molecule has 7 nitrogen and oxygen atoms in total. The fraction of sp³-hybridized carbons (Fsp3) is 0.464. The van der Waals surface area contributed by atoms with Crippen LogP contribution in [0.4, 0.5) is 4.79 Å². The lowest BCUT2D eigenvalue weighted by Crippen LogP contribution is -2.52. The summed E-state index contributed by atoms with van der Waals surface area (Å²) in [6.07, 6.45) is 4.76. The highest BCUT2D eigenvalue weighted by Crippen LogP contribution is 2.44. The zero-order chi connectivity index (χ0) is 24.4. The van der Waals surface area contributed by atoms with Crippen molar-refractivity contribution < 1.29 is 24.2 Å². The minimum Gasteiger partial charge on any atom is -0.481 e. The summed E-state index contributed by atoms with van der Waals surface area (Å²) in [4.78, 5) is 36.8. The first-order valence-corrected chi connectivity index (χ1v) is 12.7. The van der Waals surface area contributed by atoms with Gasteiger partial charge < -0.3 is 20.5 Å². The topological polar surface area (TPSA) is 105 Å². The van der Waals surface area contributed by atoms with Crippen molar-refractivity contribution in [3.05, 3.63) is 59.7 Å². The molecule has 0 unspecified atom stereocenters. The Balaban J connectivity index is 1.10. The van der Waals surface area contributed by atoms with E-state index in [9.17, 15) is 19.5 Å². The van der Waals surface area contributed by atoms with Gasteiger partial charge in [-0.25, -0.2) is 4.79 Å². The molecular formula is C28H32N2O5. The maximum atomic E-state index is 12.7. The minimum absolute atomic E-state index is 0.00910. The van der Waals surface area contributed by atoms with E-state index in [4.69, 9.17) is 4.74 Å². The van der Waals surface area contributed by atoms with Gasteiger partial charge in [0.25, 0.3) is 0 Å². The Labute approximate surface area is 205 Å². The van der Waals surface area contributed by atoms with Gasteiger partial charge in [0, 0.05) is 23.9 Å². The van der Waals surface area contributed by atoms with Crippen LogP contribution in [-0.2, 0) is 14.3 Å². The summed E-state index contributed by atoms with van der Waals surface area (Å²) in [7, 11) is 0. The fourth-order valence-corrected chi connectivity index (χ4v) is 5.83. The zero-order valence-corrected chi connectivity index (χ0v) is 19.7. The van der Waals surface area contributed by atoms with Crippen LogP contribution in [0.25, 0.3) is 11.1 Å². The van der Waals surface area contributed by atoms with Gasteiger partial charge in [-0.3, -0.25) is 9.59 Å². The molecule has 7 heteroatoms. The normalized spacial score (nSPS) is 25.4. The largest absolute Gasteiger partial charge is 0.481 e. The Morgan fingerprint density at radius 2 is 1.49 bits per heavy atom. The number of fused-ring (bicyclic) bond motifs is 3. The number of rotatable bonds is 6. The van der Waals surface area contributed by atoms with Crippen molar-refractivity contribution in [2.24, 2.45) is 11.8 Å². The second kappa shape index (κ2) is 10.1. The van der Waals surface area contributed by atoms with Crippen LogP contribution in [0.2, 0.25) is 0 Å². The quantitative estimate of drug-likeness (QED) is 0.534. The van der Waals surface area contributed by atoms with Crippen LogP contribution in [-0.4, -0.2) is 41.8 Å². The first-order chi connectivity index (χ1) is 17.0. The number of benzene rings is 2. The molecule has 2 aromatic rings. The molecule has 0 radical (unpaired) electrons. The van der Waals surface area contributed by atoms with Gasteiger partial charge in [-0.2, -0.15) is 0 Å². The van der Waals surface area contributed by atoms with Crippen LogP contribution in [0.3, 0.4) is 0 Å². The number of ether oxygens (including phenoxy) is 1. The molecule has 2 fully saturated rings. The summed E-state index contributed by atoms with van der Waals surface area (Å²) in [6, 6.07) is 16.0. The zero-order valence-electron chi connectivity index (χ0n) is 19.7. The highest BCUT2D eigenvalue weighted by molar-refractivity contribution is 5.82. The number of carboxylic acids is 1.